The molecule has 4 heteroatoms. The van der Waals surface area contributed by atoms with Gasteiger partial charge in [-0.15, -0.1) is 0 Å². The van der Waals surface area contributed by atoms with Crippen LogP contribution in [0.1, 0.15) is 5.56 Å². The Morgan fingerprint density at radius 3 is 3.07 bits per heavy atom. The van der Waals surface area contributed by atoms with Gasteiger partial charge in [0.25, 0.3) is 0 Å². The molecule has 1 heterocycles. The number of H-pyrrole nitrogens is 1. The zero-order valence-corrected chi connectivity index (χ0v) is 8.11. The molecule has 0 saturated heterocycles. The number of nitrogens with zero attached hydrogens (tertiary/aromatic N) is 1. The topological polar surface area (TPSA) is 37.9 Å². The SMILES string of the molecule is Fc1cccc(CCOc2cn[nH]c2)c1. The molecule has 2 aromatic rings. The van der Waals surface area contributed by atoms with Crippen molar-refractivity contribution >= 4 is 0 Å². The van der Waals surface area contributed by atoms with Gasteiger partial charge in [0, 0.05) is 6.42 Å². The van der Waals surface area contributed by atoms with E-state index in [1.807, 2.05) is 6.07 Å². The van der Waals surface area contributed by atoms with Gasteiger partial charge in [0.15, 0.2) is 5.75 Å². The van der Waals surface area contributed by atoms with Crippen LogP contribution in [0.15, 0.2) is 36.7 Å². The molecule has 0 spiro atoms. The molecule has 2 rings (SSSR count). The summed E-state index contributed by atoms with van der Waals surface area (Å²) in [5.74, 6) is 0.488. The summed E-state index contributed by atoms with van der Waals surface area (Å²) < 4.78 is 18.2. The molecule has 0 bridgehead atoms. The fourth-order valence-corrected chi connectivity index (χ4v) is 1.30. The van der Waals surface area contributed by atoms with Crippen molar-refractivity contribution in [3.05, 3.63) is 48.0 Å². The molecule has 0 saturated carbocycles. The minimum atomic E-state index is -0.212. The summed E-state index contributed by atoms with van der Waals surface area (Å²) in [4.78, 5) is 0. The van der Waals surface area contributed by atoms with Gasteiger partial charge in [-0.3, -0.25) is 5.10 Å². The monoisotopic (exact) mass is 206 g/mol. The number of benzene rings is 1. The lowest BCUT2D eigenvalue weighted by atomic mass is 10.2. The van der Waals surface area contributed by atoms with E-state index in [1.165, 1.54) is 12.1 Å². The van der Waals surface area contributed by atoms with Crippen LogP contribution in [0.2, 0.25) is 0 Å². The number of aromatic amines is 1. The zero-order chi connectivity index (χ0) is 10.5. The van der Waals surface area contributed by atoms with Crippen molar-refractivity contribution in [2.75, 3.05) is 6.61 Å². The average Bonchev–Trinajstić information content (AvgIpc) is 2.71. The number of halogens is 1. The quantitative estimate of drug-likeness (QED) is 0.832. The third kappa shape index (κ3) is 2.80. The number of hydrogen-bond acceptors (Lipinski definition) is 2. The highest BCUT2D eigenvalue weighted by Gasteiger charge is 1.97. The lowest BCUT2D eigenvalue weighted by molar-refractivity contribution is 0.322. The normalized spacial score (nSPS) is 10.2. The van der Waals surface area contributed by atoms with E-state index in [2.05, 4.69) is 10.2 Å². The van der Waals surface area contributed by atoms with Gasteiger partial charge in [-0.25, -0.2) is 4.39 Å². The molecule has 3 nitrogen and oxygen atoms in total. The van der Waals surface area contributed by atoms with Crippen LogP contribution < -0.4 is 4.74 Å². The van der Waals surface area contributed by atoms with Crippen molar-refractivity contribution in [1.82, 2.24) is 10.2 Å². The molecule has 1 aromatic carbocycles. The Morgan fingerprint density at radius 2 is 2.33 bits per heavy atom. The van der Waals surface area contributed by atoms with Crippen molar-refractivity contribution < 1.29 is 9.13 Å². The summed E-state index contributed by atoms with van der Waals surface area (Å²) in [7, 11) is 0. The fraction of sp³-hybridized carbons (Fsp3) is 0.182. The number of hydrogen-bond donors (Lipinski definition) is 1. The lowest BCUT2D eigenvalue weighted by Gasteiger charge is -2.03. The van der Waals surface area contributed by atoms with Crippen LogP contribution in [0.4, 0.5) is 4.39 Å². The summed E-state index contributed by atoms with van der Waals surface area (Å²) in [5, 5.41) is 6.40. The number of ether oxygens (including phenoxy) is 1. The minimum absolute atomic E-state index is 0.212. The zero-order valence-electron chi connectivity index (χ0n) is 8.11. The van der Waals surface area contributed by atoms with E-state index in [0.717, 1.165) is 5.56 Å². The smallest absolute Gasteiger partial charge is 0.156 e. The second kappa shape index (κ2) is 4.59. The summed E-state index contributed by atoms with van der Waals surface area (Å²) in [6.07, 6.45) is 3.96. The molecule has 0 aliphatic heterocycles. The predicted octanol–water partition coefficient (Wildman–Crippen LogP) is 2.17. The van der Waals surface area contributed by atoms with Gasteiger partial charge < -0.3 is 4.74 Å². The second-order valence-electron chi connectivity index (χ2n) is 3.16. The highest BCUT2D eigenvalue weighted by atomic mass is 19.1. The van der Waals surface area contributed by atoms with E-state index >= 15 is 0 Å². The van der Waals surface area contributed by atoms with Crippen LogP contribution in [-0.4, -0.2) is 16.8 Å². The first-order valence-corrected chi connectivity index (χ1v) is 4.70. The first kappa shape index (κ1) is 9.71. The van der Waals surface area contributed by atoms with Crippen LogP contribution in [0.25, 0.3) is 0 Å². The van der Waals surface area contributed by atoms with Gasteiger partial charge in [-0.1, -0.05) is 12.1 Å². The first-order valence-electron chi connectivity index (χ1n) is 4.70. The van der Waals surface area contributed by atoms with E-state index < -0.39 is 0 Å². The Bertz CT molecular complexity index is 414. The largest absolute Gasteiger partial charge is 0.490 e. The predicted molar refractivity (Wildman–Crippen MR) is 54.2 cm³/mol. The molecule has 1 aromatic heterocycles. The highest BCUT2D eigenvalue weighted by Crippen LogP contribution is 2.07. The Hall–Kier alpha value is -1.84. The van der Waals surface area contributed by atoms with Gasteiger partial charge in [-0.05, 0) is 17.7 Å². The molecule has 0 amide bonds. The average molecular weight is 206 g/mol. The Kier molecular flexibility index (Phi) is 2.97. The maximum absolute atomic E-state index is 12.8. The van der Waals surface area contributed by atoms with Gasteiger partial charge in [0.05, 0.1) is 19.0 Å². The molecule has 0 fully saturated rings. The molecular weight excluding hydrogens is 195 g/mol. The van der Waals surface area contributed by atoms with Gasteiger partial charge in [-0.2, -0.15) is 5.10 Å². The van der Waals surface area contributed by atoms with Crippen molar-refractivity contribution in [2.24, 2.45) is 0 Å². The first-order chi connectivity index (χ1) is 7.34. The number of rotatable bonds is 4. The fourth-order valence-electron chi connectivity index (χ4n) is 1.30. The molecule has 0 unspecified atom stereocenters. The maximum atomic E-state index is 12.8. The van der Waals surface area contributed by atoms with Crippen LogP contribution >= 0.6 is 0 Å². The molecule has 78 valence electrons. The molecule has 0 atom stereocenters. The standard InChI is InChI=1S/C11H11FN2O/c12-10-3-1-2-9(6-10)4-5-15-11-7-13-14-8-11/h1-3,6-8H,4-5H2,(H,13,14). The Morgan fingerprint density at radius 1 is 1.40 bits per heavy atom. The molecule has 0 aliphatic carbocycles. The summed E-state index contributed by atoms with van der Waals surface area (Å²) >= 11 is 0. The summed E-state index contributed by atoms with van der Waals surface area (Å²) in [6, 6.07) is 6.52. The van der Waals surface area contributed by atoms with Crippen LogP contribution in [0, 0.1) is 5.82 Å². The molecule has 1 N–H and O–H groups in total. The number of aromatic nitrogens is 2. The van der Waals surface area contributed by atoms with Crippen LogP contribution in [0.5, 0.6) is 5.75 Å². The second-order valence-corrected chi connectivity index (χ2v) is 3.16. The van der Waals surface area contributed by atoms with Gasteiger partial charge in [0.2, 0.25) is 0 Å². The minimum Gasteiger partial charge on any atom is -0.490 e. The van der Waals surface area contributed by atoms with Crippen molar-refractivity contribution in [3.63, 3.8) is 0 Å². The molecule has 15 heavy (non-hydrogen) atoms. The van der Waals surface area contributed by atoms with E-state index in [4.69, 9.17) is 4.74 Å². The number of nitrogens with one attached hydrogen (secondary N) is 1. The molecular formula is C11H11FN2O. The van der Waals surface area contributed by atoms with Crippen LogP contribution in [0.3, 0.4) is 0 Å². The third-order valence-corrected chi connectivity index (χ3v) is 2.02. The van der Waals surface area contributed by atoms with E-state index in [9.17, 15) is 4.39 Å². The highest BCUT2D eigenvalue weighted by molar-refractivity contribution is 5.17. The third-order valence-electron chi connectivity index (χ3n) is 2.02. The van der Waals surface area contributed by atoms with Crippen molar-refractivity contribution in [1.29, 1.82) is 0 Å². The van der Waals surface area contributed by atoms with E-state index in [-0.39, 0.29) is 5.82 Å². The summed E-state index contributed by atoms with van der Waals surface area (Å²) in [6.45, 7) is 0.517. The van der Waals surface area contributed by atoms with Crippen LogP contribution in [-0.2, 0) is 6.42 Å². The van der Waals surface area contributed by atoms with Gasteiger partial charge >= 0.3 is 0 Å². The Labute approximate surface area is 86.9 Å². The van der Waals surface area contributed by atoms with Gasteiger partial charge in [0.1, 0.15) is 5.82 Å². The lowest BCUT2D eigenvalue weighted by Crippen LogP contribution is -2.00. The maximum Gasteiger partial charge on any atom is 0.156 e. The van der Waals surface area contributed by atoms with E-state index in [0.29, 0.717) is 18.8 Å². The molecule has 0 radical (unpaired) electrons. The van der Waals surface area contributed by atoms with E-state index in [1.54, 1.807) is 18.5 Å². The van der Waals surface area contributed by atoms with Crippen molar-refractivity contribution in [3.8, 4) is 5.75 Å². The summed E-state index contributed by atoms with van der Waals surface area (Å²) in [5.41, 5.74) is 0.929. The Balaban J connectivity index is 1.83. The molecule has 0 aliphatic rings. The van der Waals surface area contributed by atoms with Crippen molar-refractivity contribution in [2.45, 2.75) is 6.42 Å².